The molecule has 2 N–H and O–H groups in total. The number of nitrogens with zero attached hydrogens (tertiary/aromatic N) is 3. The molecule has 0 saturated carbocycles. The lowest BCUT2D eigenvalue weighted by Gasteiger charge is -2.39. The lowest BCUT2D eigenvalue weighted by molar-refractivity contribution is -0.0823. The van der Waals surface area contributed by atoms with Crippen molar-refractivity contribution in [3.8, 4) is 0 Å². The van der Waals surface area contributed by atoms with Crippen molar-refractivity contribution in [3.63, 3.8) is 0 Å². The van der Waals surface area contributed by atoms with Gasteiger partial charge in [-0.25, -0.2) is 0 Å². The molecule has 2 atom stereocenters. The molecule has 0 spiro atoms. The minimum atomic E-state index is 0. The number of rotatable bonds is 6. The predicted octanol–water partition coefficient (Wildman–Crippen LogP) is 2.93. The van der Waals surface area contributed by atoms with E-state index in [0.29, 0.717) is 30.6 Å². The van der Waals surface area contributed by atoms with Crippen LogP contribution in [0, 0.1) is 18.3 Å². The van der Waals surface area contributed by atoms with Crippen molar-refractivity contribution in [1.29, 1.82) is 0 Å². The lowest BCUT2D eigenvalue weighted by Crippen LogP contribution is -2.43. The molecule has 26 heavy (non-hydrogen) atoms. The van der Waals surface area contributed by atoms with Crippen molar-refractivity contribution < 1.29 is 9.26 Å². The van der Waals surface area contributed by atoms with Crippen LogP contribution in [0.4, 0.5) is 0 Å². The second-order valence-electron chi connectivity index (χ2n) is 7.69. The number of halogens is 1. The van der Waals surface area contributed by atoms with Crippen LogP contribution < -0.4 is 10.6 Å². The van der Waals surface area contributed by atoms with Gasteiger partial charge < -0.3 is 19.9 Å². The van der Waals surface area contributed by atoms with Gasteiger partial charge in [-0.2, -0.15) is 4.98 Å². The molecule has 0 radical (unpaired) electrons. The molecule has 1 fully saturated rings. The number of ether oxygens (including phenoxy) is 1. The first-order valence-electron chi connectivity index (χ1n) is 9.33. The smallest absolute Gasteiger partial charge is 0.228 e. The first-order valence-corrected chi connectivity index (χ1v) is 9.33. The average molecular weight is 479 g/mol. The Morgan fingerprint density at radius 1 is 1.31 bits per heavy atom. The third-order valence-electron chi connectivity index (χ3n) is 4.33. The monoisotopic (exact) mass is 479 g/mol. The van der Waals surface area contributed by atoms with Crippen molar-refractivity contribution >= 4 is 29.9 Å². The molecule has 1 aliphatic heterocycles. The molecule has 1 saturated heterocycles. The highest BCUT2D eigenvalue weighted by molar-refractivity contribution is 14.0. The van der Waals surface area contributed by atoms with Gasteiger partial charge in [0.1, 0.15) is 0 Å². The third-order valence-corrected chi connectivity index (χ3v) is 4.33. The van der Waals surface area contributed by atoms with E-state index in [9.17, 15) is 0 Å². The summed E-state index contributed by atoms with van der Waals surface area (Å²) >= 11 is 0. The molecule has 0 aliphatic carbocycles. The van der Waals surface area contributed by atoms with Gasteiger partial charge in [-0.1, -0.05) is 25.9 Å². The standard InChI is InChI=1S/C18H33N5O2.HI/c1-6-19-17(20-10-9-15-22-13(2)23-25-15)21-12-14-8-7-11-24-16(14)18(3,4)5;/h14,16H,6-12H2,1-5H3,(H2,19,20,21);1H. The summed E-state index contributed by atoms with van der Waals surface area (Å²) in [5, 5.41) is 10.4. The zero-order valence-electron chi connectivity index (χ0n) is 16.7. The molecule has 2 rings (SSSR count). The maximum atomic E-state index is 6.05. The van der Waals surface area contributed by atoms with E-state index in [0.717, 1.165) is 32.1 Å². The Kier molecular flexibility index (Phi) is 9.84. The van der Waals surface area contributed by atoms with Crippen LogP contribution in [0.2, 0.25) is 0 Å². The molecular weight excluding hydrogens is 445 g/mol. The van der Waals surface area contributed by atoms with Gasteiger partial charge in [0.05, 0.1) is 6.10 Å². The first-order chi connectivity index (χ1) is 11.9. The van der Waals surface area contributed by atoms with E-state index < -0.39 is 0 Å². The van der Waals surface area contributed by atoms with E-state index in [1.807, 2.05) is 6.92 Å². The van der Waals surface area contributed by atoms with Gasteiger partial charge in [0.2, 0.25) is 5.89 Å². The van der Waals surface area contributed by atoms with Gasteiger partial charge >= 0.3 is 0 Å². The normalized spacial score (nSPS) is 21.2. The summed E-state index contributed by atoms with van der Waals surface area (Å²) in [6.07, 6.45) is 3.23. The molecule has 7 nitrogen and oxygen atoms in total. The van der Waals surface area contributed by atoms with E-state index in [-0.39, 0.29) is 35.5 Å². The number of aryl methyl sites for hydroxylation is 1. The fourth-order valence-corrected chi connectivity index (χ4v) is 3.27. The third kappa shape index (κ3) is 7.38. The molecule has 150 valence electrons. The van der Waals surface area contributed by atoms with Crippen LogP contribution in [0.15, 0.2) is 9.52 Å². The summed E-state index contributed by atoms with van der Waals surface area (Å²) in [6.45, 7) is 13.8. The van der Waals surface area contributed by atoms with E-state index in [1.54, 1.807) is 0 Å². The lowest BCUT2D eigenvalue weighted by atomic mass is 9.78. The average Bonchev–Trinajstić information content (AvgIpc) is 2.97. The van der Waals surface area contributed by atoms with Gasteiger partial charge in [0, 0.05) is 38.6 Å². The Labute approximate surface area is 174 Å². The number of aromatic nitrogens is 2. The Balaban J connectivity index is 0.00000338. The van der Waals surface area contributed by atoms with E-state index in [1.165, 1.54) is 6.42 Å². The number of hydrogen-bond donors (Lipinski definition) is 2. The van der Waals surface area contributed by atoms with Gasteiger partial charge in [-0.05, 0) is 32.1 Å². The van der Waals surface area contributed by atoms with E-state index in [2.05, 4.69) is 48.5 Å². The van der Waals surface area contributed by atoms with E-state index >= 15 is 0 Å². The molecule has 2 unspecified atom stereocenters. The Bertz CT molecular complexity index is 556. The second-order valence-corrected chi connectivity index (χ2v) is 7.69. The summed E-state index contributed by atoms with van der Waals surface area (Å²) in [7, 11) is 0. The zero-order valence-corrected chi connectivity index (χ0v) is 19.0. The molecule has 2 heterocycles. The molecule has 1 aliphatic rings. The van der Waals surface area contributed by atoms with Crippen LogP contribution in [0.25, 0.3) is 0 Å². The molecule has 1 aromatic heterocycles. The molecule has 8 heteroatoms. The number of aliphatic imine (C=N–C) groups is 1. The van der Waals surface area contributed by atoms with Gasteiger partial charge in [0.15, 0.2) is 11.8 Å². The van der Waals surface area contributed by atoms with Crippen LogP contribution in [-0.2, 0) is 11.2 Å². The quantitative estimate of drug-likeness (QED) is 0.371. The highest BCUT2D eigenvalue weighted by Gasteiger charge is 2.35. The SMILES string of the molecule is CCNC(=NCC1CCCOC1C(C)(C)C)NCCc1nc(C)no1.I. The number of nitrogens with one attached hydrogen (secondary N) is 2. The van der Waals surface area contributed by atoms with Crippen molar-refractivity contribution in [2.75, 3.05) is 26.2 Å². The topological polar surface area (TPSA) is 84.6 Å². The second kappa shape index (κ2) is 11.1. The van der Waals surface area contributed by atoms with Gasteiger partial charge in [-0.15, -0.1) is 24.0 Å². The summed E-state index contributed by atoms with van der Waals surface area (Å²) in [5.74, 6) is 2.61. The summed E-state index contributed by atoms with van der Waals surface area (Å²) in [5.41, 5.74) is 0.141. The number of guanidine groups is 1. The zero-order chi connectivity index (χ0) is 18.3. The van der Waals surface area contributed by atoms with Crippen molar-refractivity contribution in [3.05, 3.63) is 11.7 Å². The van der Waals surface area contributed by atoms with Crippen molar-refractivity contribution in [2.45, 2.75) is 60.0 Å². The van der Waals surface area contributed by atoms with Crippen molar-refractivity contribution in [1.82, 2.24) is 20.8 Å². The van der Waals surface area contributed by atoms with Gasteiger partial charge in [0.25, 0.3) is 0 Å². The highest BCUT2D eigenvalue weighted by atomic mass is 127. The summed E-state index contributed by atoms with van der Waals surface area (Å²) < 4.78 is 11.2. The van der Waals surface area contributed by atoms with Crippen LogP contribution in [0.5, 0.6) is 0 Å². The fraction of sp³-hybridized carbons (Fsp3) is 0.833. The molecule has 0 bridgehead atoms. The van der Waals surface area contributed by atoms with Crippen LogP contribution >= 0.6 is 24.0 Å². The maximum Gasteiger partial charge on any atom is 0.228 e. The minimum absolute atomic E-state index is 0. The van der Waals surface area contributed by atoms with Gasteiger partial charge in [-0.3, -0.25) is 4.99 Å². The van der Waals surface area contributed by atoms with Crippen LogP contribution in [0.3, 0.4) is 0 Å². The Morgan fingerprint density at radius 3 is 2.69 bits per heavy atom. The molecular formula is C18H34IN5O2. The maximum absolute atomic E-state index is 6.05. The summed E-state index contributed by atoms with van der Waals surface area (Å²) in [6, 6.07) is 0. The fourth-order valence-electron chi connectivity index (χ4n) is 3.27. The first kappa shape index (κ1) is 23.1. The van der Waals surface area contributed by atoms with Crippen molar-refractivity contribution in [2.24, 2.45) is 16.3 Å². The highest BCUT2D eigenvalue weighted by Crippen LogP contribution is 2.34. The van der Waals surface area contributed by atoms with E-state index in [4.69, 9.17) is 14.3 Å². The van der Waals surface area contributed by atoms with Crippen LogP contribution in [-0.4, -0.2) is 48.4 Å². The minimum Gasteiger partial charge on any atom is -0.377 e. The summed E-state index contributed by atoms with van der Waals surface area (Å²) in [4.78, 5) is 9.00. The Hall–Kier alpha value is -0.900. The molecule has 1 aromatic rings. The molecule has 0 amide bonds. The van der Waals surface area contributed by atoms with Crippen LogP contribution in [0.1, 0.15) is 52.3 Å². The largest absolute Gasteiger partial charge is 0.377 e. The predicted molar refractivity (Wildman–Crippen MR) is 114 cm³/mol. The molecule has 0 aromatic carbocycles. The number of hydrogen-bond acceptors (Lipinski definition) is 5. The Morgan fingerprint density at radius 2 is 2.08 bits per heavy atom.